The second-order valence-corrected chi connectivity index (χ2v) is 3.90. The second-order valence-electron chi connectivity index (χ2n) is 3.11. The number of hydrogen-bond acceptors (Lipinski definition) is 1. The SMILES string of the molecule is BrCCc1ccc(-c2ccn[nH]2)cc1. The van der Waals surface area contributed by atoms with E-state index in [9.17, 15) is 0 Å². The maximum atomic E-state index is 3.92. The molecule has 0 spiro atoms. The molecule has 14 heavy (non-hydrogen) atoms. The van der Waals surface area contributed by atoms with E-state index in [-0.39, 0.29) is 0 Å². The van der Waals surface area contributed by atoms with Crippen molar-refractivity contribution in [1.82, 2.24) is 10.2 Å². The summed E-state index contributed by atoms with van der Waals surface area (Å²) in [6, 6.07) is 10.5. The highest BCUT2D eigenvalue weighted by atomic mass is 79.9. The van der Waals surface area contributed by atoms with Crippen molar-refractivity contribution >= 4 is 15.9 Å². The Balaban J connectivity index is 2.22. The van der Waals surface area contributed by atoms with Crippen molar-refractivity contribution in [1.29, 1.82) is 0 Å². The molecule has 1 aromatic carbocycles. The number of benzene rings is 1. The van der Waals surface area contributed by atoms with E-state index >= 15 is 0 Å². The highest BCUT2D eigenvalue weighted by Gasteiger charge is 1.98. The van der Waals surface area contributed by atoms with Crippen LogP contribution in [0.2, 0.25) is 0 Å². The molecule has 72 valence electrons. The molecule has 2 nitrogen and oxygen atoms in total. The van der Waals surface area contributed by atoms with Gasteiger partial charge in [0.05, 0.1) is 5.69 Å². The van der Waals surface area contributed by atoms with Gasteiger partial charge in [-0.2, -0.15) is 5.10 Å². The Morgan fingerprint density at radius 1 is 1.14 bits per heavy atom. The number of nitrogens with zero attached hydrogens (tertiary/aromatic N) is 1. The molecule has 1 N–H and O–H groups in total. The molecule has 0 radical (unpaired) electrons. The van der Waals surface area contributed by atoms with E-state index in [0.717, 1.165) is 17.4 Å². The lowest BCUT2D eigenvalue weighted by Crippen LogP contribution is -1.85. The zero-order chi connectivity index (χ0) is 9.80. The van der Waals surface area contributed by atoms with Crippen molar-refractivity contribution in [2.24, 2.45) is 0 Å². The molecule has 0 atom stereocenters. The number of alkyl halides is 1. The largest absolute Gasteiger partial charge is 0.278 e. The van der Waals surface area contributed by atoms with Gasteiger partial charge in [0.15, 0.2) is 0 Å². The molecule has 0 aliphatic rings. The monoisotopic (exact) mass is 250 g/mol. The van der Waals surface area contributed by atoms with Gasteiger partial charge in [-0.1, -0.05) is 40.2 Å². The quantitative estimate of drug-likeness (QED) is 0.834. The molecule has 0 fully saturated rings. The Morgan fingerprint density at radius 2 is 1.93 bits per heavy atom. The van der Waals surface area contributed by atoms with E-state index in [1.54, 1.807) is 6.20 Å². The van der Waals surface area contributed by atoms with Crippen LogP contribution in [0.4, 0.5) is 0 Å². The molecule has 0 unspecified atom stereocenters. The fourth-order valence-corrected chi connectivity index (χ4v) is 1.83. The summed E-state index contributed by atoms with van der Waals surface area (Å²) >= 11 is 3.43. The number of aromatic amines is 1. The average Bonchev–Trinajstić information content (AvgIpc) is 2.72. The highest BCUT2D eigenvalue weighted by molar-refractivity contribution is 9.09. The van der Waals surface area contributed by atoms with Crippen LogP contribution in [0.3, 0.4) is 0 Å². The normalized spacial score (nSPS) is 10.4. The zero-order valence-corrected chi connectivity index (χ0v) is 9.29. The lowest BCUT2D eigenvalue weighted by molar-refractivity contribution is 1.09. The number of rotatable bonds is 3. The Morgan fingerprint density at radius 3 is 2.50 bits per heavy atom. The number of hydrogen-bond donors (Lipinski definition) is 1. The third-order valence-electron chi connectivity index (χ3n) is 2.15. The molecule has 1 aromatic heterocycles. The van der Waals surface area contributed by atoms with E-state index in [4.69, 9.17) is 0 Å². The topological polar surface area (TPSA) is 28.7 Å². The lowest BCUT2D eigenvalue weighted by atomic mass is 10.1. The first-order valence-electron chi connectivity index (χ1n) is 4.55. The first kappa shape index (κ1) is 9.46. The van der Waals surface area contributed by atoms with Crippen LogP contribution < -0.4 is 0 Å². The molecule has 0 aliphatic heterocycles. The van der Waals surface area contributed by atoms with Crippen LogP contribution in [0, 0.1) is 0 Å². The third-order valence-corrected chi connectivity index (χ3v) is 2.55. The van der Waals surface area contributed by atoms with E-state index in [1.807, 2.05) is 6.07 Å². The van der Waals surface area contributed by atoms with Gasteiger partial charge >= 0.3 is 0 Å². The van der Waals surface area contributed by atoms with Crippen molar-refractivity contribution in [3.8, 4) is 11.3 Å². The van der Waals surface area contributed by atoms with Crippen LogP contribution in [0.15, 0.2) is 36.5 Å². The Bertz CT molecular complexity index is 378. The van der Waals surface area contributed by atoms with Gasteiger partial charge in [-0.3, -0.25) is 5.10 Å². The number of halogens is 1. The summed E-state index contributed by atoms with van der Waals surface area (Å²) in [5.74, 6) is 0. The predicted octanol–water partition coefficient (Wildman–Crippen LogP) is 3.01. The van der Waals surface area contributed by atoms with Gasteiger partial charge in [-0.15, -0.1) is 0 Å². The van der Waals surface area contributed by atoms with Crippen LogP contribution in [-0.4, -0.2) is 15.5 Å². The van der Waals surface area contributed by atoms with Crippen LogP contribution in [0.25, 0.3) is 11.3 Å². The molecule has 0 amide bonds. The molecule has 0 bridgehead atoms. The number of nitrogens with one attached hydrogen (secondary N) is 1. The summed E-state index contributed by atoms with van der Waals surface area (Å²) in [4.78, 5) is 0. The fraction of sp³-hybridized carbons (Fsp3) is 0.182. The van der Waals surface area contributed by atoms with Crippen molar-refractivity contribution in [2.45, 2.75) is 6.42 Å². The van der Waals surface area contributed by atoms with Crippen LogP contribution >= 0.6 is 15.9 Å². The molecule has 0 aliphatic carbocycles. The third kappa shape index (κ3) is 2.04. The average molecular weight is 251 g/mol. The smallest absolute Gasteiger partial charge is 0.0650 e. The summed E-state index contributed by atoms with van der Waals surface area (Å²) < 4.78 is 0. The van der Waals surface area contributed by atoms with Crippen LogP contribution in [0.5, 0.6) is 0 Å². The minimum absolute atomic E-state index is 1.01. The van der Waals surface area contributed by atoms with Crippen molar-refractivity contribution in [3.05, 3.63) is 42.1 Å². The predicted molar refractivity (Wildman–Crippen MR) is 61.5 cm³/mol. The van der Waals surface area contributed by atoms with Gasteiger partial charge < -0.3 is 0 Å². The number of H-pyrrole nitrogens is 1. The highest BCUT2D eigenvalue weighted by Crippen LogP contribution is 2.16. The van der Waals surface area contributed by atoms with Crippen molar-refractivity contribution < 1.29 is 0 Å². The minimum atomic E-state index is 1.01. The Kier molecular flexibility index (Phi) is 2.99. The number of aromatic nitrogens is 2. The van der Waals surface area contributed by atoms with Crippen LogP contribution in [0.1, 0.15) is 5.56 Å². The first-order valence-corrected chi connectivity index (χ1v) is 5.67. The van der Waals surface area contributed by atoms with Gasteiger partial charge in [0.1, 0.15) is 0 Å². The molecule has 1 heterocycles. The van der Waals surface area contributed by atoms with Crippen LogP contribution in [-0.2, 0) is 6.42 Å². The van der Waals surface area contributed by atoms with E-state index < -0.39 is 0 Å². The molecule has 0 saturated heterocycles. The summed E-state index contributed by atoms with van der Waals surface area (Å²) in [6.45, 7) is 0. The van der Waals surface area contributed by atoms with Gasteiger partial charge in [0.25, 0.3) is 0 Å². The Hall–Kier alpha value is -1.09. The standard InChI is InChI=1S/C11H11BrN2/c12-7-5-9-1-3-10(4-2-9)11-6-8-13-14-11/h1-4,6,8H,5,7H2,(H,13,14). The van der Waals surface area contributed by atoms with Gasteiger partial charge in [0.2, 0.25) is 0 Å². The minimum Gasteiger partial charge on any atom is -0.278 e. The lowest BCUT2D eigenvalue weighted by Gasteiger charge is -2.00. The van der Waals surface area contributed by atoms with Crippen molar-refractivity contribution in [3.63, 3.8) is 0 Å². The van der Waals surface area contributed by atoms with E-state index in [0.29, 0.717) is 0 Å². The summed E-state index contributed by atoms with van der Waals surface area (Å²) in [5, 5.41) is 7.88. The van der Waals surface area contributed by atoms with Gasteiger partial charge in [-0.25, -0.2) is 0 Å². The summed E-state index contributed by atoms with van der Waals surface area (Å²) in [6.07, 6.45) is 2.84. The molecular formula is C11H11BrN2. The maximum Gasteiger partial charge on any atom is 0.0650 e. The molecule has 3 heteroatoms. The number of aryl methyl sites for hydroxylation is 1. The molecular weight excluding hydrogens is 240 g/mol. The fourth-order valence-electron chi connectivity index (χ4n) is 1.38. The van der Waals surface area contributed by atoms with Crippen molar-refractivity contribution in [2.75, 3.05) is 5.33 Å². The van der Waals surface area contributed by atoms with Gasteiger partial charge in [-0.05, 0) is 23.6 Å². The Labute approximate surface area is 91.5 Å². The van der Waals surface area contributed by atoms with E-state index in [2.05, 4.69) is 50.4 Å². The molecule has 0 saturated carbocycles. The summed E-state index contributed by atoms with van der Waals surface area (Å²) in [5.41, 5.74) is 3.60. The first-order chi connectivity index (χ1) is 6.90. The van der Waals surface area contributed by atoms with E-state index in [1.165, 1.54) is 11.1 Å². The summed E-state index contributed by atoms with van der Waals surface area (Å²) in [7, 11) is 0. The second kappa shape index (κ2) is 4.42. The maximum absolute atomic E-state index is 3.92. The molecule has 2 rings (SSSR count). The zero-order valence-electron chi connectivity index (χ0n) is 7.70. The van der Waals surface area contributed by atoms with Gasteiger partial charge in [0, 0.05) is 11.5 Å². The molecule has 2 aromatic rings.